The van der Waals surface area contributed by atoms with Gasteiger partial charge in [-0.1, -0.05) is 44.2 Å². The lowest BCUT2D eigenvalue weighted by Gasteiger charge is -2.29. The third kappa shape index (κ3) is 27.6. The number of benzene rings is 1. The second-order valence-corrected chi connectivity index (χ2v) is 22.6. The van der Waals surface area contributed by atoms with E-state index in [1.165, 1.54) is 0 Å². The van der Waals surface area contributed by atoms with Crippen LogP contribution in [0.4, 0.5) is 0 Å². The molecule has 0 saturated carbocycles. The molecule has 0 bridgehead atoms. The van der Waals surface area contributed by atoms with Crippen LogP contribution in [0.2, 0.25) is 0 Å². The molecule has 4 unspecified atom stereocenters. The van der Waals surface area contributed by atoms with E-state index in [2.05, 4.69) is 69.1 Å². The van der Waals surface area contributed by atoms with Gasteiger partial charge in [-0.25, -0.2) is 0 Å². The quantitative estimate of drug-likeness (QED) is 0.0328. The molecule has 524 valence electrons. The number of carbonyl (C=O) groups is 13. The SMILES string of the molecule is CC(C)CC1NC(=O)C(Cc2ccccc2)NC(=O)[C@H](CCN)NC(=O)C(NC(=O)[C@H](CCN)NC(=O)[C@@H](NC(=O)[C@H](CCN)NC(=O)[C@H](CN)NC(=O)[C@H](CO)NC(=O)[C@@H](N)CN)[C@@H](C)O)CCNC(=O)[C@H]([C@@H](C)O)NC(=O)[C@H](CCN)NC(=O)C(CCN)NC1=O. The maximum Gasteiger partial charge on any atom is 0.245 e. The average Bonchev–Trinajstić information content (AvgIpc) is 1.30. The van der Waals surface area contributed by atoms with Crippen LogP contribution in [-0.4, -0.2) is 242 Å². The first-order valence-corrected chi connectivity index (χ1v) is 30.6. The van der Waals surface area contributed by atoms with Crippen LogP contribution in [0.1, 0.15) is 78.2 Å². The van der Waals surface area contributed by atoms with Gasteiger partial charge in [-0.2, -0.15) is 0 Å². The molecule has 0 spiro atoms. The maximum atomic E-state index is 14.6. The molecule has 0 radical (unpaired) electrons. The summed E-state index contributed by atoms with van der Waals surface area (Å²) in [6.45, 7) is 2.31. The topological polar surface area (TPSA) is 647 Å². The molecule has 15 atom stereocenters. The summed E-state index contributed by atoms with van der Waals surface area (Å²) in [4.78, 5) is 180. The fraction of sp³-hybridized carbons (Fsp3) is 0.661. The lowest BCUT2D eigenvalue weighted by molar-refractivity contribution is -0.137. The van der Waals surface area contributed by atoms with Crippen LogP contribution in [0.3, 0.4) is 0 Å². The summed E-state index contributed by atoms with van der Waals surface area (Å²) >= 11 is 0. The predicted molar refractivity (Wildman–Crippen MR) is 335 cm³/mol. The summed E-state index contributed by atoms with van der Waals surface area (Å²) in [5.41, 5.74) is 46.6. The van der Waals surface area contributed by atoms with Crippen molar-refractivity contribution in [3.8, 4) is 0 Å². The van der Waals surface area contributed by atoms with Crippen molar-refractivity contribution in [2.75, 3.05) is 59.0 Å². The highest BCUT2D eigenvalue weighted by atomic mass is 16.3. The molecule has 1 saturated heterocycles. The highest BCUT2D eigenvalue weighted by Crippen LogP contribution is 2.12. The number of aliphatic hydroxyl groups excluding tert-OH is 3. The zero-order valence-electron chi connectivity index (χ0n) is 52.9. The Balaban J connectivity index is 2.67. The first kappa shape index (κ1) is 81.0. The Morgan fingerprint density at radius 1 is 0.505 bits per heavy atom. The lowest BCUT2D eigenvalue weighted by Crippen LogP contribution is -2.63. The van der Waals surface area contributed by atoms with Gasteiger partial charge in [0.15, 0.2) is 0 Å². The van der Waals surface area contributed by atoms with Gasteiger partial charge in [0, 0.05) is 26.1 Å². The molecule has 1 aliphatic rings. The van der Waals surface area contributed by atoms with Crippen molar-refractivity contribution in [1.29, 1.82) is 0 Å². The molecular weight excluding hydrogens is 1220 g/mol. The third-order valence-electron chi connectivity index (χ3n) is 14.5. The van der Waals surface area contributed by atoms with E-state index >= 15 is 0 Å². The molecule has 0 aromatic heterocycles. The summed E-state index contributed by atoms with van der Waals surface area (Å²) in [6, 6.07) is -11.9. The molecule has 0 aliphatic carbocycles. The summed E-state index contributed by atoms with van der Waals surface area (Å²) in [5, 5.41) is 63.1. The Kier molecular flexibility index (Phi) is 36.7. The standard InChI is InChI=1S/C56H99N21O16/c1-27(2)22-38-51(88)68-32(10-16-57)45(82)67-35(13-19-60)49(86)76-42(28(3)79)55(92)65-21-15-37(48(85)66-33(11-17-58)47(84)73-39(52(89)72-38)23-30-8-6-5-7-9-30)70-46(83)34(12-18-59)71-56(93)43(29(4)80)77-50(87)36(14-20-61)69-53(90)40(25-63)74-54(91)41(26-78)75-44(81)31(64)24-62/h5-9,27-29,31-43,78-80H,10-26,57-64H2,1-4H3,(H,65,92)(H,66,85)(H,67,82)(H,68,88)(H,69,90)(H,70,83)(H,71,93)(H,72,89)(H,73,84)(H,74,91)(H,75,81)(H,76,86)(H,77,87)/t28-,29-,31+,32?,33+,34+,35+,36+,37?,38?,39?,40+,41+,42+,43+/m1/s1. The summed E-state index contributed by atoms with van der Waals surface area (Å²) in [7, 11) is 0. The van der Waals surface area contributed by atoms with Crippen LogP contribution < -0.4 is 115 Å². The number of hydrogen-bond donors (Lipinski definition) is 24. The van der Waals surface area contributed by atoms with Gasteiger partial charge < -0.3 is 130 Å². The maximum absolute atomic E-state index is 14.6. The van der Waals surface area contributed by atoms with Crippen molar-refractivity contribution in [2.45, 2.75) is 170 Å². The zero-order chi connectivity index (χ0) is 70.1. The van der Waals surface area contributed by atoms with Gasteiger partial charge in [0.05, 0.1) is 24.9 Å². The van der Waals surface area contributed by atoms with Gasteiger partial charge in [0.25, 0.3) is 0 Å². The van der Waals surface area contributed by atoms with Crippen LogP contribution >= 0.6 is 0 Å². The van der Waals surface area contributed by atoms with Crippen LogP contribution in [0.25, 0.3) is 0 Å². The van der Waals surface area contributed by atoms with Crippen molar-refractivity contribution in [2.24, 2.45) is 51.8 Å². The number of hydrogen-bond acceptors (Lipinski definition) is 24. The summed E-state index contributed by atoms with van der Waals surface area (Å²) in [6.07, 6.45) is -5.35. The monoisotopic (exact) mass is 1320 g/mol. The lowest BCUT2D eigenvalue weighted by atomic mass is 10.00. The first-order chi connectivity index (χ1) is 44.0. The van der Waals surface area contributed by atoms with E-state index in [1.807, 2.05) is 0 Å². The van der Waals surface area contributed by atoms with Gasteiger partial charge >= 0.3 is 0 Å². The smallest absolute Gasteiger partial charge is 0.245 e. The number of nitrogens with one attached hydrogen (secondary N) is 13. The molecule has 1 fully saturated rings. The average molecular weight is 1320 g/mol. The summed E-state index contributed by atoms with van der Waals surface area (Å²) < 4.78 is 0. The Hall–Kier alpha value is -8.11. The molecule has 37 nitrogen and oxygen atoms in total. The van der Waals surface area contributed by atoms with Crippen LogP contribution in [0, 0.1) is 5.92 Å². The van der Waals surface area contributed by atoms with Gasteiger partial charge in [-0.3, -0.25) is 62.3 Å². The van der Waals surface area contributed by atoms with Crippen molar-refractivity contribution >= 4 is 76.8 Å². The van der Waals surface area contributed by atoms with Crippen molar-refractivity contribution in [3.05, 3.63) is 35.9 Å². The Labute approximate surface area is 538 Å². The Morgan fingerprint density at radius 2 is 0.946 bits per heavy atom. The first-order valence-electron chi connectivity index (χ1n) is 30.6. The molecule has 37 heteroatoms. The minimum Gasteiger partial charge on any atom is -0.394 e. The molecule has 1 aliphatic heterocycles. The number of carbonyl (C=O) groups excluding carboxylic acids is 13. The fourth-order valence-corrected chi connectivity index (χ4v) is 9.23. The van der Waals surface area contributed by atoms with E-state index in [0.717, 1.165) is 13.8 Å². The van der Waals surface area contributed by atoms with E-state index < -0.39 is 194 Å². The molecule has 1 aromatic rings. The van der Waals surface area contributed by atoms with Gasteiger partial charge in [-0.15, -0.1) is 0 Å². The second-order valence-electron chi connectivity index (χ2n) is 22.6. The Bertz CT molecular complexity index is 2640. The molecule has 2 rings (SSSR count). The second kappa shape index (κ2) is 42.2. The van der Waals surface area contributed by atoms with Crippen molar-refractivity contribution in [1.82, 2.24) is 69.1 Å². The molecule has 1 aromatic carbocycles. The minimum absolute atomic E-state index is 0.0136. The van der Waals surface area contributed by atoms with Gasteiger partial charge in [-0.05, 0) is 103 Å². The third-order valence-corrected chi connectivity index (χ3v) is 14.5. The fourth-order valence-electron chi connectivity index (χ4n) is 9.23. The van der Waals surface area contributed by atoms with Crippen molar-refractivity contribution < 1.29 is 77.6 Å². The van der Waals surface area contributed by atoms with E-state index in [4.69, 9.17) is 45.9 Å². The van der Waals surface area contributed by atoms with Gasteiger partial charge in [0.1, 0.15) is 72.5 Å². The molecule has 13 amide bonds. The molecule has 93 heavy (non-hydrogen) atoms. The van der Waals surface area contributed by atoms with Crippen molar-refractivity contribution in [3.63, 3.8) is 0 Å². The minimum atomic E-state index is -1.90. The van der Waals surface area contributed by atoms with E-state index in [9.17, 15) is 77.6 Å². The molecule has 1 heterocycles. The highest BCUT2D eigenvalue weighted by molar-refractivity contribution is 6.00. The number of rotatable bonds is 31. The van der Waals surface area contributed by atoms with E-state index in [1.54, 1.807) is 44.2 Å². The van der Waals surface area contributed by atoms with Crippen LogP contribution in [0.5, 0.6) is 0 Å². The largest absolute Gasteiger partial charge is 0.394 e. The van der Waals surface area contributed by atoms with E-state index in [-0.39, 0.29) is 90.1 Å². The number of aliphatic hydroxyl groups is 3. The normalized spacial score (nSPS) is 22.5. The zero-order valence-corrected chi connectivity index (χ0v) is 52.9. The predicted octanol–water partition coefficient (Wildman–Crippen LogP) is -12.6. The number of nitrogens with two attached hydrogens (primary N) is 8. The molecule has 32 N–H and O–H groups in total. The molecular formula is C56H99N21O16. The summed E-state index contributed by atoms with van der Waals surface area (Å²) in [5.74, 6) is -13.4. The van der Waals surface area contributed by atoms with E-state index in [0.29, 0.717) is 5.56 Å². The van der Waals surface area contributed by atoms with Gasteiger partial charge in [0.2, 0.25) is 76.8 Å². The number of amides is 13. The Morgan fingerprint density at radius 3 is 1.43 bits per heavy atom. The highest BCUT2D eigenvalue weighted by Gasteiger charge is 2.38. The van der Waals surface area contributed by atoms with Crippen LogP contribution in [0.15, 0.2) is 30.3 Å². The van der Waals surface area contributed by atoms with Crippen LogP contribution in [-0.2, 0) is 68.7 Å².